The zero-order valence-corrected chi connectivity index (χ0v) is 5.35. The minimum Gasteiger partial charge on any atom is -0.352 e. The summed E-state index contributed by atoms with van der Waals surface area (Å²) in [6, 6.07) is 0. The molecule has 0 aromatic rings. The second-order valence-electron chi connectivity index (χ2n) is 1.56. The molecule has 8 heavy (non-hydrogen) atoms. The summed E-state index contributed by atoms with van der Waals surface area (Å²) >= 11 is 0. The van der Waals surface area contributed by atoms with Gasteiger partial charge in [0.05, 0.1) is 7.85 Å². The predicted octanol–water partition coefficient (Wildman–Crippen LogP) is -0.0192. The molecule has 0 saturated carbocycles. The van der Waals surface area contributed by atoms with Gasteiger partial charge in [0.2, 0.25) is 5.91 Å². The van der Waals surface area contributed by atoms with Crippen LogP contribution in [0.15, 0.2) is 0 Å². The van der Waals surface area contributed by atoms with Gasteiger partial charge in [0, 0.05) is 13.5 Å². The quantitative estimate of drug-likeness (QED) is 0.458. The average molecular weight is 111 g/mol. The molecule has 0 aliphatic heterocycles. The largest absolute Gasteiger partial charge is 0.352 e. The highest BCUT2D eigenvalue weighted by molar-refractivity contribution is 6.09. The average Bonchev–Trinajstić information content (AvgIpc) is 1.69. The highest BCUT2D eigenvalue weighted by Gasteiger charge is 1.98. The van der Waals surface area contributed by atoms with Crippen LogP contribution in [-0.4, -0.2) is 31.6 Å². The second kappa shape index (κ2) is 3.53. The zero-order chi connectivity index (χ0) is 6.57. The SMILES string of the molecule is [B]CN(CC)C(C)=O. The lowest BCUT2D eigenvalue weighted by Gasteiger charge is -2.15. The molecule has 0 rings (SSSR count). The third-order valence-corrected chi connectivity index (χ3v) is 1.05. The molecule has 0 atom stereocenters. The Morgan fingerprint density at radius 1 is 1.75 bits per heavy atom. The van der Waals surface area contributed by atoms with Crippen molar-refractivity contribution in [1.82, 2.24) is 4.90 Å². The van der Waals surface area contributed by atoms with Gasteiger partial charge in [-0.15, -0.1) is 0 Å². The molecule has 0 bridgehead atoms. The highest BCUT2D eigenvalue weighted by Crippen LogP contribution is 1.82. The molecule has 0 unspecified atom stereocenters. The zero-order valence-electron chi connectivity index (χ0n) is 5.35. The second-order valence-corrected chi connectivity index (χ2v) is 1.56. The standard InChI is InChI=1S/C5H10BNO/c1-3-7(4-6)5(2)8/h3-4H2,1-2H3. The van der Waals surface area contributed by atoms with Crippen LogP contribution in [0, 0.1) is 0 Å². The van der Waals surface area contributed by atoms with E-state index in [1.54, 1.807) is 4.90 Å². The lowest BCUT2D eigenvalue weighted by atomic mass is 10.1. The summed E-state index contributed by atoms with van der Waals surface area (Å²) in [4.78, 5) is 12.0. The highest BCUT2D eigenvalue weighted by atomic mass is 16.2. The number of hydrogen-bond donors (Lipinski definition) is 0. The van der Waals surface area contributed by atoms with E-state index < -0.39 is 0 Å². The minimum absolute atomic E-state index is 0.0370. The summed E-state index contributed by atoms with van der Waals surface area (Å²) in [6.45, 7) is 4.11. The molecule has 2 nitrogen and oxygen atoms in total. The fourth-order valence-corrected chi connectivity index (χ4v) is 0.480. The number of rotatable bonds is 2. The third-order valence-electron chi connectivity index (χ3n) is 1.05. The molecule has 0 saturated heterocycles. The van der Waals surface area contributed by atoms with Gasteiger partial charge in [-0.3, -0.25) is 4.79 Å². The van der Waals surface area contributed by atoms with Gasteiger partial charge in [0.15, 0.2) is 0 Å². The maximum Gasteiger partial charge on any atom is 0.218 e. The van der Waals surface area contributed by atoms with Gasteiger partial charge in [-0.25, -0.2) is 0 Å². The van der Waals surface area contributed by atoms with E-state index in [0.717, 1.165) is 0 Å². The normalized spacial score (nSPS) is 8.75. The van der Waals surface area contributed by atoms with Gasteiger partial charge in [0.1, 0.15) is 0 Å². The van der Waals surface area contributed by atoms with Gasteiger partial charge < -0.3 is 4.90 Å². The first-order valence-electron chi connectivity index (χ1n) is 2.68. The Kier molecular flexibility index (Phi) is 3.32. The van der Waals surface area contributed by atoms with Crippen molar-refractivity contribution < 1.29 is 4.79 Å². The number of amides is 1. The van der Waals surface area contributed by atoms with Crippen LogP contribution < -0.4 is 0 Å². The summed E-state index contributed by atoms with van der Waals surface area (Å²) in [6.07, 6.45) is 0.325. The monoisotopic (exact) mass is 111 g/mol. The lowest BCUT2D eigenvalue weighted by Crippen LogP contribution is -2.29. The maximum atomic E-state index is 10.5. The molecule has 0 N–H and O–H groups in total. The smallest absolute Gasteiger partial charge is 0.218 e. The summed E-state index contributed by atoms with van der Waals surface area (Å²) < 4.78 is 0. The van der Waals surface area contributed by atoms with Gasteiger partial charge in [-0.05, 0) is 13.4 Å². The fraction of sp³-hybridized carbons (Fsp3) is 0.800. The molecule has 0 spiro atoms. The first-order valence-corrected chi connectivity index (χ1v) is 2.68. The van der Waals surface area contributed by atoms with E-state index >= 15 is 0 Å². The molecule has 3 heteroatoms. The van der Waals surface area contributed by atoms with E-state index in [-0.39, 0.29) is 5.91 Å². The number of nitrogens with zero attached hydrogens (tertiary/aromatic N) is 1. The molecule has 0 aliphatic carbocycles. The van der Waals surface area contributed by atoms with E-state index in [1.165, 1.54) is 6.92 Å². The maximum absolute atomic E-state index is 10.5. The fourth-order valence-electron chi connectivity index (χ4n) is 0.480. The first kappa shape index (κ1) is 7.53. The van der Waals surface area contributed by atoms with Crippen LogP contribution in [-0.2, 0) is 4.79 Å². The van der Waals surface area contributed by atoms with Gasteiger partial charge in [-0.2, -0.15) is 0 Å². The Hall–Kier alpha value is -0.465. The molecular weight excluding hydrogens is 101 g/mol. The Morgan fingerprint density at radius 3 is 2.25 bits per heavy atom. The van der Waals surface area contributed by atoms with Crippen molar-refractivity contribution in [2.75, 3.05) is 13.0 Å². The van der Waals surface area contributed by atoms with E-state index in [1.807, 2.05) is 6.92 Å². The van der Waals surface area contributed by atoms with E-state index in [9.17, 15) is 4.79 Å². The van der Waals surface area contributed by atoms with Crippen molar-refractivity contribution >= 4 is 13.8 Å². The Balaban J connectivity index is 3.52. The van der Waals surface area contributed by atoms with Crippen molar-refractivity contribution in [2.24, 2.45) is 0 Å². The molecule has 0 heterocycles. The van der Waals surface area contributed by atoms with Crippen molar-refractivity contribution in [3.05, 3.63) is 0 Å². The summed E-state index contributed by atoms with van der Waals surface area (Å²) in [5, 5.41) is 0. The lowest BCUT2D eigenvalue weighted by molar-refractivity contribution is -0.127. The van der Waals surface area contributed by atoms with Crippen molar-refractivity contribution in [2.45, 2.75) is 13.8 Å². The van der Waals surface area contributed by atoms with Crippen LogP contribution in [0.5, 0.6) is 0 Å². The van der Waals surface area contributed by atoms with Crippen LogP contribution in [0.3, 0.4) is 0 Å². The van der Waals surface area contributed by atoms with Crippen molar-refractivity contribution in [1.29, 1.82) is 0 Å². The van der Waals surface area contributed by atoms with E-state index in [0.29, 0.717) is 13.0 Å². The summed E-state index contributed by atoms with van der Waals surface area (Å²) in [7, 11) is 5.19. The van der Waals surface area contributed by atoms with Crippen molar-refractivity contribution in [3.63, 3.8) is 0 Å². The Labute approximate surface area is 51.3 Å². The van der Waals surface area contributed by atoms with Gasteiger partial charge in [-0.1, -0.05) is 0 Å². The molecule has 0 fully saturated rings. The molecule has 44 valence electrons. The minimum atomic E-state index is 0.0370. The molecule has 0 aliphatic rings. The van der Waals surface area contributed by atoms with Crippen LogP contribution >= 0.6 is 0 Å². The van der Waals surface area contributed by atoms with Crippen molar-refractivity contribution in [3.8, 4) is 0 Å². The van der Waals surface area contributed by atoms with Crippen LogP contribution in [0.1, 0.15) is 13.8 Å². The van der Waals surface area contributed by atoms with Crippen LogP contribution in [0.25, 0.3) is 0 Å². The number of hydrogen-bond acceptors (Lipinski definition) is 1. The molecule has 0 aromatic heterocycles. The molecule has 1 amide bonds. The topological polar surface area (TPSA) is 20.3 Å². The summed E-state index contributed by atoms with van der Waals surface area (Å²) in [5.74, 6) is 0.0370. The van der Waals surface area contributed by atoms with Gasteiger partial charge >= 0.3 is 0 Å². The van der Waals surface area contributed by atoms with E-state index in [2.05, 4.69) is 0 Å². The first-order chi connectivity index (χ1) is 3.72. The Morgan fingerprint density at radius 2 is 2.25 bits per heavy atom. The van der Waals surface area contributed by atoms with Crippen LogP contribution in [0.2, 0.25) is 0 Å². The molecule has 2 radical (unpaired) electrons. The predicted molar refractivity (Wildman–Crippen MR) is 33.7 cm³/mol. The number of carbonyl (C=O) groups is 1. The summed E-state index contributed by atoms with van der Waals surface area (Å²) in [5.41, 5.74) is 0. The third kappa shape index (κ3) is 2.00. The van der Waals surface area contributed by atoms with E-state index in [4.69, 9.17) is 7.85 Å². The molecular formula is C5H10BNO. The van der Waals surface area contributed by atoms with Crippen LogP contribution in [0.4, 0.5) is 0 Å². The Bertz CT molecular complexity index is 80.5. The molecule has 0 aromatic carbocycles. The number of carbonyl (C=O) groups excluding carboxylic acids is 1. The van der Waals surface area contributed by atoms with Gasteiger partial charge in [0.25, 0.3) is 0 Å².